The summed E-state index contributed by atoms with van der Waals surface area (Å²) in [5.41, 5.74) is 0.794. The lowest BCUT2D eigenvalue weighted by atomic mass is 10.2. The first-order valence-electron chi connectivity index (χ1n) is 8.73. The molecule has 1 aromatic carbocycles. The summed E-state index contributed by atoms with van der Waals surface area (Å²) in [5.74, 6) is 0.749. The number of anilines is 1. The third-order valence-electron chi connectivity index (χ3n) is 4.85. The molecular formula is C18H24N4O4. The molecule has 1 aromatic rings. The summed E-state index contributed by atoms with van der Waals surface area (Å²) in [6, 6.07) is 6.89. The van der Waals surface area contributed by atoms with Crippen molar-refractivity contribution in [1.29, 1.82) is 0 Å². The largest absolute Gasteiger partial charge is 0.497 e. The van der Waals surface area contributed by atoms with Crippen molar-refractivity contribution in [3.63, 3.8) is 0 Å². The second-order valence-electron chi connectivity index (χ2n) is 6.55. The smallest absolute Gasteiger partial charge is 0.317 e. The number of rotatable bonds is 3. The molecule has 2 aliphatic rings. The van der Waals surface area contributed by atoms with Crippen LogP contribution in [-0.2, 0) is 9.59 Å². The second kappa shape index (κ2) is 7.63. The Hall–Kier alpha value is -2.77. The van der Waals surface area contributed by atoms with E-state index in [0.29, 0.717) is 32.7 Å². The molecule has 0 aliphatic carbocycles. The topological polar surface area (TPSA) is 82.2 Å². The van der Waals surface area contributed by atoms with Crippen LogP contribution in [0.5, 0.6) is 5.75 Å². The monoisotopic (exact) mass is 360 g/mol. The molecule has 4 amide bonds. The van der Waals surface area contributed by atoms with E-state index in [-0.39, 0.29) is 30.3 Å². The average Bonchev–Trinajstić information content (AvgIpc) is 3.02. The van der Waals surface area contributed by atoms with E-state index >= 15 is 0 Å². The van der Waals surface area contributed by atoms with E-state index in [2.05, 4.69) is 5.32 Å². The van der Waals surface area contributed by atoms with Gasteiger partial charge in [0.05, 0.1) is 13.2 Å². The van der Waals surface area contributed by atoms with Crippen LogP contribution in [-0.4, -0.2) is 73.5 Å². The number of urea groups is 1. The summed E-state index contributed by atoms with van der Waals surface area (Å²) >= 11 is 0. The van der Waals surface area contributed by atoms with Crippen LogP contribution in [0.2, 0.25) is 0 Å². The van der Waals surface area contributed by atoms with Crippen LogP contribution in [0.4, 0.5) is 10.5 Å². The van der Waals surface area contributed by atoms with Crippen molar-refractivity contribution in [2.75, 3.05) is 44.7 Å². The number of hydrogen-bond acceptors (Lipinski definition) is 4. The Morgan fingerprint density at radius 3 is 2.27 bits per heavy atom. The van der Waals surface area contributed by atoms with Crippen molar-refractivity contribution in [1.82, 2.24) is 15.1 Å². The Balaban J connectivity index is 1.54. The SMILES string of the molecule is COc1ccc(N2CC(NC(=O)N3CCN(C(C)=O)CC3)CC2=O)cc1. The zero-order valence-corrected chi connectivity index (χ0v) is 15.1. The number of carbonyl (C=O) groups is 3. The minimum absolute atomic E-state index is 0.0122. The molecule has 0 bridgehead atoms. The highest BCUT2D eigenvalue weighted by atomic mass is 16.5. The van der Waals surface area contributed by atoms with Gasteiger partial charge in [0, 0.05) is 51.8 Å². The lowest BCUT2D eigenvalue weighted by molar-refractivity contribution is -0.130. The quantitative estimate of drug-likeness (QED) is 0.859. The number of carbonyl (C=O) groups excluding carboxylic acids is 3. The number of ether oxygens (including phenoxy) is 1. The van der Waals surface area contributed by atoms with Gasteiger partial charge >= 0.3 is 6.03 Å². The first kappa shape index (κ1) is 18.0. The molecule has 3 rings (SSSR count). The molecule has 1 unspecified atom stereocenters. The predicted molar refractivity (Wildman–Crippen MR) is 96.1 cm³/mol. The Kier molecular flexibility index (Phi) is 5.29. The Morgan fingerprint density at radius 1 is 1.08 bits per heavy atom. The normalized spacial score (nSPS) is 20.3. The standard InChI is InChI=1S/C18H24N4O4/c1-13(23)20-7-9-21(10-8-20)18(25)19-14-11-17(24)22(12-14)15-3-5-16(26-2)6-4-15/h3-6,14H,7-12H2,1-2H3,(H,19,25). The van der Waals surface area contributed by atoms with E-state index in [9.17, 15) is 14.4 Å². The summed E-state index contributed by atoms with van der Waals surface area (Å²) < 4.78 is 5.13. The van der Waals surface area contributed by atoms with Gasteiger partial charge in [-0.25, -0.2) is 4.79 Å². The van der Waals surface area contributed by atoms with Gasteiger partial charge in [-0.15, -0.1) is 0 Å². The average molecular weight is 360 g/mol. The van der Waals surface area contributed by atoms with Crippen LogP contribution in [0.3, 0.4) is 0 Å². The molecule has 0 saturated carbocycles. The van der Waals surface area contributed by atoms with E-state index in [1.165, 1.54) is 6.92 Å². The first-order chi connectivity index (χ1) is 12.5. The Labute approximate surface area is 152 Å². The fourth-order valence-electron chi connectivity index (χ4n) is 3.31. The van der Waals surface area contributed by atoms with Crippen molar-refractivity contribution in [3.8, 4) is 5.75 Å². The van der Waals surface area contributed by atoms with E-state index in [0.717, 1.165) is 11.4 Å². The molecule has 1 N–H and O–H groups in total. The Bertz CT molecular complexity index is 683. The first-order valence-corrected chi connectivity index (χ1v) is 8.73. The van der Waals surface area contributed by atoms with Crippen LogP contribution >= 0.6 is 0 Å². The fourth-order valence-corrected chi connectivity index (χ4v) is 3.31. The van der Waals surface area contributed by atoms with E-state index in [4.69, 9.17) is 4.74 Å². The molecule has 2 aliphatic heterocycles. The second-order valence-corrected chi connectivity index (χ2v) is 6.55. The Morgan fingerprint density at radius 2 is 1.69 bits per heavy atom. The van der Waals surface area contributed by atoms with Crippen LogP contribution in [0, 0.1) is 0 Å². The maximum atomic E-state index is 12.4. The third-order valence-corrected chi connectivity index (χ3v) is 4.85. The zero-order chi connectivity index (χ0) is 18.7. The van der Waals surface area contributed by atoms with Gasteiger partial charge in [0.25, 0.3) is 0 Å². The third kappa shape index (κ3) is 3.89. The molecular weight excluding hydrogens is 336 g/mol. The molecule has 26 heavy (non-hydrogen) atoms. The van der Waals surface area contributed by atoms with Crippen molar-refractivity contribution in [3.05, 3.63) is 24.3 Å². The summed E-state index contributed by atoms with van der Waals surface area (Å²) in [5, 5.41) is 2.94. The van der Waals surface area contributed by atoms with Crippen molar-refractivity contribution >= 4 is 23.5 Å². The number of hydrogen-bond donors (Lipinski definition) is 1. The molecule has 140 valence electrons. The van der Waals surface area contributed by atoms with E-state index < -0.39 is 0 Å². The van der Waals surface area contributed by atoms with Gasteiger partial charge in [-0.1, -0.05) is 0 Å². The van der Waals surface area contributed by atoms with Crippen LogP contribution in [0.1, 0.15) is 13.3 Å². The molecule has 8 heteroatoms. The van der Waals surface area contributed by atoms with Gasteiger partial charge in [0.1, 0.15) is 5.75 Å². The summed E-state index contributed by atoms with van der Waals surface area (Å²) in [7, 11) is 1.60. The summed E-state index contributed by atoms with van der Waals surface area (Å²) in [6.07, 6.45) is 0.283. The lowest BCUT2D eigenvalue weighted by Gasteiger charge is -2.34. The van der Waals surface area contributed by atoms with Crippen molar-refractivity contribution < 1.29 is 19.1 Å². The number of nitrogens with zero attached hydrogens (tertiary/aromatic N) is 3. The zero-order valence-electron chi connectivity index (χ0n) is 15.1. The van der Waals surface area contributed by atoms with E-state index in [1.54, 1.807) is 21.8 Å². The van der Waals surface area contributed by atoms with Gasteiger partial charge in [-0.2, -0.15) is 0 Å². The molecule has 2 fully saturated rings. The van der Waals surface area contributed by atoms with Crippen molar-refractivity contribution in [2.45, 2.75) is 19.4 Å². The number of nitrogens with one attached hydrogen (secondary N) is 1. The molecule has 8 nitrogen and oxygen atoms in total. The van der Waals surface area contributed by atoms with Gasteiger partial charge in [-0.3, -0.25) is 9.59 Å². The number of amides is 4. The van der Waals surface area contributed by atoms with Gasteiger partial charge in [-0.05, 0) is 24.3 Å². The van der Waals surface area contributed by atoms with Gasteiger partial charge < -0.3 is 24.8 Å². The molecule has 0 spiro atoms. The minimum atomic E-state index is -0.220. The highest BCUT2D eigenvalue weighted by molar-refractivity contribution is 5.96. The van der Waals surface area contributed by atoms with Crippen LogP contribution in [0.25, 0.3) is 0 Å². The van der Waals surface area contributed by atoms with Crippen LogP contribution in [0.15, 0.2) is 24.3 Å². The number of benzene rings is 1. The highest BCUT2D eigenvalue weighted by Crippen LogP contribution is 2.24. The minimum Gasteiger partial charge on any atom is -0.497 e. The molecule has 1 atom stereocenters. The van der Waals surface area contributed by atoms with Gasteiger partial charge in [0.2, 0.25) is 11.8 Å². The van der Waals surface area contributed by atoms with Crippen molar-refractivity contribution in [2.24, 2.45) is 0 Å². The molecule has 0 aromatic heterocycles. The summed E-state index contributed by atoms with van der Waals surface area (Å²) in [4.78, 5) is 41.2. The highest BCUT2D eigenvalue weighted by Gasteiger charge is 2.33. The molecule has 2 saturated heterocycles. The molecule has 2 heterocycles. The number of methoxy groups -OCH3 is 1. The van der Waals surface area contributed by atoms with E-state index in [1.807, 2.05) is 24.3 Å². The van der Waals surface area contributed by atoms with Crippen LogP contribution < -0.4 is 15.0 Å². The van der Waals surface area contributed by atoms with Gasteiger partial charge in [0.15, 0.2) is 0 Å². The number of piperazine rings is 1. The maximum absolute atomic E-state index is 12.4. The maximum Gasteiger partial charge on any atom is 0.317 e. The predicted octanol–water partition coefficient (Wildman–Crippen LogP) is 0.674. The summed E-state index contributed by atoms with van der Waals surface area (Å²) in [6.45, 7) is 4.09. The fraction of sp³-hybridized carbons (Fsp3) is 0.500. The molecule has 0 radical (unpaired) electrons. The lowest BCUT2D eigenvalue weighted by Crippen LogP contribution is -2.54.